The van der Waals surface area contributed by atoms with E-state index >= 15 is 0 Å². The smallest absolute Gasteiger partial charge is 0.251 e. The van der Waals surface area contributed by atoms with Gasteiger partial charge in [0.15, 0.2) is 0 Å². The zero-order valence-electron chi connectivity index (χ0n) is 12.5. The van der Waals surface area contributed by atoms with Crippen LogP contribution in [0.25, 0.3) is 0 Å². The number of hydrogen-bond donors (Lipinski definition) is 2. The summed E-state index contributed by atoms with van der Waals surface area (Å²) in [4.78, 5) is 26.2. The van der Waals surface area contributed by atoms with E-state index in [4.69, 9.17) is 5.73 Å². The van der Waals surface area contributed by atoms with Crippen LogP contribution >= 0.6 is 0 Å². The van der Waals surface area contributed by atoms with Gasteiger partial charge in [0.1, 0.15) is 6.04 Å². The minimum absolute atomic E-state index is 0.000960. The highest BCUT2D eigenvalue weighted by Gasteiger charge is 2.24. The van der Waals surface area contributed by atoms with Gasteiger partial charge in [0, 0.05) is 18.7 Å². The highest BCUT2D eigenvalue weighted by Crippen LogP contribution is 2.10. The van der Waals surface area contributed by atoms with Gasteiger partial charge in [0.05, 0.1) is 0 Å². The summed E-state index contributed by atoms with van der Waals surface area (Å²) in [7, 11) is 0. The summed E-state index contributed by atoms with van der Waals surface area (Å²) >= 11 is 0. The second-order valence-electron chi connectivity index (χ2n) is 5.47. The van der Waals surface area contributed by atoms with Gasteiger partial charge in [-0.05, 0) is 50.4 Å². The molecule has 2 amide bonds. The highest BCUT2D eigenvalue weighted by molar-refractivity contribution is 5.97. The number of likely N-dealkylation sites (tertiary alicyclic amines) is 1. The number of carbonyl (C=O) groups excluding carboxylic acids is 2. The van der Waals surface area contributed by atoms with Crippen molar-refractivity contribution in [1.29, 1.82) is 0 Å². The second-order valence-corrected chi connectivity index (χ2v) is 5.47. The van der Waals surface area contributed by atoms with Crippen molar-refractivity contribution in [2.24, 2.45) is 5.73 Å². The first-order chi connectivity index (χ1) is 10.1. The average Bonchev–Trinajstić information content (AvgIpc) is 3.01. The van der Waals surface area contributed by atoms with Crippen LogP contribution in [-0.2, 0) is 11.2 Å². The van der Waals surface area contributed by atoms with Gasteiger partial charge in [0.2, 0.25) is 5.91 Å². The van der Waals surface area contributed by atoms with Gasteiger partial charge >= 0.3 is 0 Å². The number of nitrogens with zero attached hydrogens (tertiary/aromatic N) is 1. The molecule has 5 heteroatoms. The van der Waals surface area contributed by atoms with Crippen molar-refractivity contribution in [1.82, 2.24) is 10.2 Å². The van der Waals surface area contributed by atoms with Crippen molar-refractivity contribution in [2.45, 2.75) is 32.2 Å². The van der Waals surface area contributed by atoms with Crippen LogP contribution in [-0.4, -0.2) is 42.4 Å². The topological polar surface area (TPSA) is 75.4 Å². The molecule has 1 aliphatic rings. The Bertz CT molecular complexity index is 510. The Morgan fingerprint density at radius 3 is 2.71 bits per heavy atom. The summed E-state index contributed by atoms with van der Waals surface area (Å²) in [5.41, 5.74) is 7.13. The third-order valence-electron chi connectivity index (χ3n) is 3.76. The quantitative estimate of drug-likeness (QED) is 0.846. The van der Waals surface area contributed by atoms with E-state index in [0.29, 0.717) is 12.1 Å². The maximum Gasteiger partial charge on any atom is 0.251 e. The number of benzene rings is 1. The molecule has 3 N–H and O–H groups in total. The molecule has 0 aliphatic carbocycles. The first-order valence-corrected chi connectivity index (χ1v) is 7.50. The van der Waals surface area contributed by atoms with E-state index in [1.54, 1.807) is 13.0 Å². The molecule has 1 unspecified atom stereocenters. The summed E-state index contributed by atoms with van der Waals surface area (Å²) in [6.07, 6.45) is 2.84. The Balaban J connectivity index is 1.96. The average molecular weight is 289 g/mol. The first-order valence-electron chi connectivity index (χ1n) is 7.50. The molecule has 1 fully saturated rings. The van der Waals surface area contributed by atoms with E-state index < -0.39 is 6.04 Å². The summed E-state index contributed by atoms with van der Waals surface area (Å²) in [5, 5.41) is 2.78. The van der Waals surface area contributed by atoms with Gasteiger partial charge in [-0.1, -0.05) is 12.1 Å². The predicted octanol–water partition coefficient (Wildman–Crippen LogP) is 0.928. The number of amides is 2. The third kappa shape index (κ3) is 4.04. The zero-order valence-corrected chi connectivity index (χ0v) is 12.5. The lowest BCUT2D eigenvalue weighted by Gasteiger charge is -2.21. The molecule has 5 nitrogen and oxygen atoms in total. The fraction of sp³-hybridized carbons (Fsp3) is 0.500. The van der Waals surface area contributed by atoms with Crippen molar-refractivity contribution in [3.63, 3.8) is 0 Å². The van der Waals surface area contributed by atoms with E-state index in [9.17, 15) is 9.59 Å². The molecule has 1 heterocycles. The minimum atomic E-state index is -0.492. The molecule has 1 aromatic rings. The maximum atomic E-state index is 12.2. The van der Waals surface area contributed by atoms with E-state index in [-0.39, 0.29) is 11.8 Å². The monoisotopic (exact) mass is 289 g/mol. The Morgan fingerprint density at radius 2 is 2.05 bits per heavy atom. The van der Waals surface area contributed by atoms with Crippen LogP contribution in [0.2, 0.25) is 0 Å². The van der Waals surface area contributed by atoms with Crippen LogP contribution < -0.4 is 11.1 Å². The molecule has 2 rings (SSSR count). The van der Waals surface area contributed by atoms with E-state index in [0.717, 1.165) is 37.9 Å². The van der Waals surface area contributed by atoms with E-state index in [2.05, 4.69) is 5.32 Å². The highest BCUT2D eigenvalue weighted by atomic mass is 16.2. The SMILES string of the molecule is CC(NC(=O)c1cccc(CCN)c1)C(=O)N1CCCC1. The molecule has 114 valence electrons. The summed E-state index contributed by atoms with van der Waals surface area (Å²) < 4.78 is 0. The van der Waals surface area contributed by atoms with Gasteiger partial charge in [-0.3, -0.25) is 9.59 Å². The van der Waals surface area contributed by atoms with Crippen LogP contribution in [0, 0.1) is 0 Å². The summed E-state index contributed by atoms with van der Waals surface area (Å²) in [6, 6.07) is 6.88. The van der Waals surface area contributed by atoms with E-state index in [1.807, 2.05) is 23.1 Å². The Morgan fingerprint density at radius 1 is 1.33 bits per heavy atom. The van der Waals surface area contributed by atoms with Crippen LogP contribution in [0.3, 0.4) is 0 Å². The lowest BCUT2D eigenvalue weighted by molar-refractivity contribution is -0.131. The van der Waals surface area contributed by atoms with Gasteiger partial charge in [-0.2, -0.15) is 0 Å². The van der Waals surface area contributed by atoms with Crippen molar-refractivity contribution < 1.29 is 9.59 Å². The number of rotatable bonds is 5. The minimum Gasteiger partial charge on any atom is -0.341 e. The molecule has 1 atom stereocenters. The molecular weight excluding hydrogens is 266 g/mol. The van der Waals surface area contributed by atoms with Gasteiger partial charge in [-0.25, -0.2) is 0 Å². The number of hydrogen-bond acceptors (Lipinski definition) is 3. The Labute approximate surface area is 125 Å². The number of nitrogens with two attached hydrogens (primary N) is 1. The molecule has 1 saturated heterocycles. The fourth-order valence-corrected chi connectivity index (χ4v) is 2.59. The molecule has 0 spiro atoms. The molecule has 0 aromatic heterocycles. The molecular formula is C16H23N3O2. The lowest BCUT2D eigenvalue weighted by Crippen LogP contribution is -2.45. The summed E-state index contributed by atoms with van der Waals surface area (Å²) in [5.74, 6) is -0.215. The second kappa shape index (κ2) is 7.22. The fourth-order valence-electron chi connectivity index (χ4n) is 2.59. The molecule has 0 saturated carbocycles. The molecule has 1 aromatic carbocycles. The Hall–Kier alpha value is -1.88. The zero-order chi connectivity index (χ0) is 15.2. The van der Waals surface area contributed by atoms with Crippen molar-refractivity contribution in [3.8, 4) is 0 Å². The predicted molar refractivity (Wildman–Crippen MR) is 81.9 cm³/mol. The number of nitrogens with one attached hydrogen (secondary N) is 1. The van der Waals surface area contributed by atoms with Crippen LogP contribution in [0.1, 0.15) is 35.7 Å². The van der Waals surface area contributed by atoms with Gasteiger partial charge in [-0.15, -0.1) is 0 Å². The third-order valence-corrected chi connectivity index (χ3v) is 3.76. The standard InChI is InChI=1S/C16H23N3O2/c1-12(16(21)19-9-2-3-10-19)18-15(20)14-6-4-5-13(11-14)7-8-17/h4-6,11-12H,2-3,7-10,17H2,1H3,(H,18,20). The molecule has 1 aliphatic heterocycles. The largest absolute Gasteiger partial charge is 0.341 e. The lowest BCUT2D eigenvalue weighted by atomic mass is 10.1. The number of carbonyl (C=O) groups is 2. The van der Waals surface area contributed by atoms with Gasteiger partial charge in [0.25, 0.3) is 5.91 Å². The molecule has 0 bridgehead atoms. The van der Waals surface area contributed by atoms with Crippen LogP contribution in [0.5, 0.6) is 0 Å². The van der Waals surface area contributed by atoms with Crippen molar-refractivity contribution >= 4 is 11.8 Å². The Kier molecular flexibility index (Phi) is 5.33. The maximum absolute atomic E-state index is 12.2. The first kappa shape index (κ1) is 15.5. The van der Waals surface area contributed by atoms with Crippen LogP contribution in [0.15, 0.2) is 24.3 Å². The summed E-state index contributed by atoms with van der Waals surface area (Å²) in [6.45, 7) is 3.88. The van der Waals surface area contributed by atoms with Crippen molar-refractivity contribution in [3.05, 3.63) is 35.4 Å². The molecule has 21 heavy (non-hydrogen) atoms. The normalized spacial score (nSPS) is 15.8. The molecule has 0 radical (unpaired) electrons. The van der Waals surface area contributed by atoms with Crippen molar-refractivity contribution in [2.75, 3.05) is 19.6 Å². The van der Waals surface area contributed by atoms with Gasteiger partial charge < -0.3 is 16.0 Å². The van der Waals surface area contributed by atoms with E-state index in [1.165, 1.54) is 0 Å². The van der Waals surface area contributed by atoms with Crippen LogP contribution in [0.4, 0.5) is 0 Å².